The van der Waals surface area contributed by atoms with E-state index in [4.69, 9.17) is 4.74 Å². The molecule has 0 unspecified atom stereocenters. The molecule has 4 rings (SSSR count). The van der Waals surface area contributed by atoms with E-state index in [1.807, 2.05) is 32.9 Å². The molecule has 31 heavy (non-hydrogen) atoms. The molecule has 0 bridgehead atoms. The van der Waals surface area contributed by atoms with E-state index in [-0.39, 0.29) is 28.6 Å². The highest BCUT2D eigenvalue weighted by Gasteiger charge is 2.38. The third kappa shape index (κ3) is 4.08. The number of imide groups is 1. The van der Waals surface area contributed by atoms with Gasteiger partial charge in [-0.05, 0) is 74.9 Å². The summed E-state index contributed by atoms with van der Waals surface area (Å²) in [6.07, 6.45) is 2.20. The molecule has 2 aromatic rings. The van der Waals surface area contributed by atoms with Gasteiger partial charge in [-0.1, -0.05) is 12.1 Å². The lowest BCUT2D eigenvalue weighted by Crippen LogP contribution is -2.37. The van der Waals surface area contributed by atoms with Crippen LogP contribution in [0.3, 0.4) is 0 Å². The van der Waals surface area contributed by atoms with Gasteiger partial charge in [0.2, 0.25) is 0 Å². The number of benzene rings is 2. The first-order chi connectivity index (χ1) is 14.8. The molecule has 2 aromatic carbocycles. The summed E-state index contributed by atoms with van der Waals surface area (Å²) in [7, 11) is 0. The van der Waals surface area contributed by atoms with Gasteiger partial charge in [-0.25, -0.2) is 9.69 Å². The Morgan fingerprint density at radius 3 is 2.48 bits per heavy atom. The molecular formula is C24H24N2O5. The van der Waals surface area contributed by atoms with Crippen LogP contribution in [0.2, 0.25) is 0 Å². The Morgan fingerprint density at radius 1 is 1.06 bits per heavy atom. The zero-order chi connectivity index (χ0) is 22.3. The number of nitrogens with zero attached hydrogens (tertiary/aromatic N) is 1. The fourth-order valence-electron chi connectivity index (χ4n) is 3.77. The first kappa shape index (κ1) is 20.8. The number of nitrogens with one attached hydrogen (secondary N) is 1. The summed E-state index contributed by atoms with van der Waals surface area (Å²) in [5.41, 5.74) is 2.75. The maximum absolute atomic E-state index is 13.0. The second-order valence-electron chi connectivity index (χ2n) is 8.27. The van der Waals surface area contributed by atoms with Crippen molar-refractivity contribution in [3.63, 3.8) is 0 Å². The van der Waals surface area contributed by atoms with E-state index in [2.05, 4.69) is 5.32 Å². The SMILES string of the molecule is Cc1ccc(C)c(N2C(=O)c3ccc(C(=O)OCC(=O)N[C@@H](C)C4CC4)cc3C2=O)c1. The van der Waals surface area contributed by atoms with Gasteiger partial charge >= 0.3 is 5.97 Å². The molecule has 1 atom stereocenters. The Morgan fingerprint density at radius 2 is 1.77 bits per heavy atom. The van der Waals surface area contributed by atoms with Crippen LogP contribution in [-0.2, 0) is 9.53 Å². The largest absolute Gasteiger partial charge is 0.452 e. The van der Waals surface area contributed by atoms with Gasteiger partial charge in [0.25, 0.3) is 17.7 Å². The number of rotatable bonds is 6. The van der Waals surface area contributed by atoms with Crippen molar-refractivity contribution in [3.8, 4) is 0 Å². The second-order valence-corrected chi connectivity index (χ2v) is 8.27. The minimum absolute atomic E-state index is 0.0610. The third-order valence-electron chi connectivity index (χ3n) is 5.78. The summed E-state index contributed by atoms with van der Waals surface area (Å²) >= 11 is 0. The molecule has 1 heterocycles. The summed E-state index contributed by atoms with van der Waals surface area (Å²) in [4.78, 5) is 51.4. The smallest absolute Gasteiger partial charge is 0.338 e. The van der Waals surface area contributed by atoms with Crippen molar-refractivity contribution in [1.29, 1.82) is 0 Å². The van der Waals surface area contributed by atoms with Gasteiger partial charge in [0.1, 0.15) is 0 Å². The summed E-state index contributed by atoms with van der Waals surface area (Å²) in [6, 6.07) is 9.85. The van der Waals surface area contributed by atoms with Crippen molar-refractivity contribution in [3.05, 3.63) is 64.2 Å². The van der Waals surface area contributed by atoms with E-state index in [1.54, 1.807) is 6.07 Å². The molecule has 0 saturated heterocycles. The van der Waals surface area contributed by atoms with Crippen molar-refractivity contribution in [2.75, 3.05) is 11.5 Å². The standard InChI is InChI=1S/C24H24N2O5/c1-13-4-5-14(2)20(10-13)26-22(28)18-9-8-17(11-19(18)23(26)29)24(30)31-12-21(27)25-15(3)16-6-7-16/h4-5,8-11,15-16H,6-7,12H2,1-3H3,(H,25,27)/t15-/m0/s1. The summed E-state index contributed by atoms with van der Waals surface area (Å²) in [5, 5.41) is 2.82. The molecule has 2 aliphatic rings. The Balaban J connectivity index is 1.48. The number of aryl methyl sites for hydroxylation is 2. The highest BCUT2D eigenvalue weighted by molar-refractivity contribution is 6.35. The Bertz CT molecular complexity index is 1100. The first-order valence-electron chi connectivity index (χ1n) is 10.3. The van der Waals surface area contributed by atoms with Gasteiger partial charge in [-0.3, -0.25) is 14.4 Å². The van der Waals surface area contributed by atoms with E-state index in [0.29, 0.717) is 11.6 Å². The number of carbonyl (C=O) groups is 4. The average molecular weight is 420 g/mol. The van der Waals surface area contributed by atoms with E-state index < -0.39 is 24.4 Å². The highest BCUT2D eigenvalue weighted by Crippen LogP contribution is 2.33. The van der Waals surface area contributed by atoms with Crippen LogP contribution in [0.4, 0.5) is 5.69 Å². The molecule has 3 amide bonds. The maximum atomic E-state index is 13.0. The van der Waals surface area contributed by atoms with Crippen LogP contribution in [0, 0.1) is 19.8 Å². The van der Waals surface area contributed by atoms with Crippen molar-refractivity contribution in [1.82, 2.24) is 5.32 Å². The topological polar surface area (TPSA) is 92.8 Å². The minimum atomic E-state index is -0.720. The number of hydrogen-bond acceptors (Lipinski definition) is 5. The molecule has 7 heteroatoms. The first-order valence-corrected chi connectivity index (χ1v) is 10.3. The number of amides is 3. The minimum Gasteiger partial charge on any atom is -0.452 e. The van der Waals surface area contributed by atoms with Gasteiger partial charge in [0, 0.05) is 6.04 Å². The molecule has 7 nitrogen and oxygen atoms in total. The zero-order valence-corrected chi connectivity index (χ0v) is 17.7. The second kappa shape index (κ2) is 7.98. The fourth-order valence-corrected chi connectivity index (χ4v) is 3.77. The molecule has 1 N–H and O–H groups in total. The monoisotopic (exact) mass is 420 g/mol. The number of esters is 1. The van der Waals surface area contributed by atoms with Gasteiger partial charge in [-0.2, -0.15) is 0 Å². The van der Waals surface area contributed by atoms with Crippen LogP contribution in [-0.4, -0.2) is 36.3 Å². The lowest BCUT2D eigenvalue weighted by atomic mass is 10.1. The van der Waals surface area contributed by atoms with Gasteiger partial charge < -0.3 is 10.1 Å². The summed E-state index contributed by atoms with van der Waals surface area (Å²) < 4.78 is 5.10. The van der Waals surface area contributed by atoms with Crippen molar-refractivity contribution < 1.29 is 23.9 Å². The molecule has 1 aliphatic carbocycles. The Hall–Kier alpha value is -3.48. The van der Waals surface area contributed by atoms with E-state index in [9.17, 15) is 19.2 Å². The molecule has 0 radical (unpaired) electrons. The van der Waals surface area contributed by atoms with Crippen LogP contribution in [0.5, 0.6) is 0 Å². The summed E-state index contributed by atoms with van der Waals surface area (Å²) in [6.45, 7) is 5.25. The maximum Gasteiger partial charge on any atom is 0.338 e. The number of ether oxygens (including phenoxy) is 1. The number of fused-ring (bicyclic) bond motifs is 1. The predicted octanol–water partition coefficient (Wildman–Crippen LogP) is 3.18. The van der Waals surface area contributed by atoms with Crippen molar-refractivity contribution >= 4 is 29.4 Å². The number of carbonyl (C=O) groups excluding carboxylic acids is 4. The molecule has 1 saturated carbocycles. The van der Waals surface area contributed by atoms with Gasteiger partial charge in [-0.15, -0.1) is 0 Å². The van der Waals surface area contributed by atoms with Gasteiger partial charge in [0.15, 0.2) is 6.61 Å². The Kier molecular flexibility index (Phi) is 5.35. The normalized spacial score (nSPS) is 16.2. The van der Waals surface area contributed by atoms with Crippen LogP contribution in [0.15, 0.2) is 36.4 Å². The van der Waals surface area contributed by atoms with Crippen molar-refractivity contribution in [2.24, 2.45) is 5.92 Å². The third-order valence-corrected chi connectivity index (χ3v) is 5.78. The van der Waals surface area contributed by atoms with Crippen LogP contribution >= 0.6 is 0 Å². The van der Waals surface area contributed by atoms with Crippen LogP contribution in [0.25, 0.3) is 0 Å². The molecule has 1 aliphatic heterocycles. The number of hydrogen-bond donors (Lipinski definition) is 1. The molecule has 160 valence electrons. The lowest BCUT2D eigenvalue weighted by Gasteiger charge is -2.17. The van der Waals surface area contributed by atoms with E-state index >= 15 is 0 Å². The lowest BCUT2D eigenvalue weighted by molar-refractivity contribution is -0.125. The molecule has 0 spiro atoms. The molecule has 0 aromatic heterocycles. The quantitative estimate of drug-likeness (QED) is 0.572. The fraction of sp³-hybridized carbons (Fsp3) is 0.333. The van der Waals surface area contributed by atoms with Crippen LogP contribution in [0.1, 0.15) is 62.0 Å². The number of anilines is 1. The molecular weight excluding hydrogens is 396 g/mol. The summed E-state index contributed by atoms with van der Waals surface area (Å²) in [5.74, 6) is -1.50. The predicted molar refractivity (Wildman–Crippen MR) is 114 cm³/mol. The zero-order valence-electron chi connectivity index (χ0n) is 17.7. The van der Waals surface area contributed by atoms with E-state index in [1.165, 1.54) is 18.2 Å². The van der Waals surface area contributed by atoms with E-state index in [0.717, 1.165) is 28.9 Å². The average Bonchev–Trinajstić information content (AvgIpc) is 3.56. The molecule has 1 fully saturated rings. The van der Waals surface area contributed by atoms with Crippen molar-refractivity contribution in [2.45, 2.75) is 39.7 Å². The van der Waals surface area contributed by atoms with Gasteiger partial charge in [0.05, 0.1) is 22.4 Å². The van der Waals surface area contributed by atoms with Crippen LogP contribution < -0.4 is 10.2 Å². The Labute approximate surface area is 180 Å². The highest BCUT2D eigenvalue weighted by atomic mass is 16.5.